The first-order chi connectivity index (χ1) is 22.5. The van der Waals surface area contributed by atoms with Gasteiger partial charge >= 0.3 is 6.01 Å². The van der Waals surface area contributed by atoms with Crippen molar-refractivity contribution in [2.24, 2.45) is 5.41 Å². The summed E-state index contributed by atoms with van der Waals surface area (Å²) < 4.78 is 76.3. The van der Waals surface area contributed by atoms with Crippen LogP contribution in [0.5, 0.6) is 11.9 Å². The average Bonchev–Trinajstić information content (AvgIpc) is 3.80. The fraction of sp³-hybridized carbons (Fsp3) is 0.606. The number of nitrogen functional groups attached to an aromatic ring is 2. The lowest BCUT2D eigenvalue weighted by Crippen LogP contribution is -2.45. The number of hydrogen-bond donors (Lipinski definition) is 3. The monoisotopic (exact) mass is 663 g/mol. The van der Waals surface area contributed by atoms with E-state index in [9.17, 15) is 13.2 Å². The van der Waals surface area contributed by atoms with E-state index in [1.54, 1.807) is 0 Å². The number of hydrogen-bond acceptors (Lipinski definition) is 10. The second-order valence-electron chi connectivity index (χ2n) is 12.5. The predicted octanol–water partition coefficient (Wildman–Crippen LogP) is 5.29. The van der Waals surface area contributed by atoms with E-state index in [1.807, 2.05) is 20.8 Å². The number of rotatable bonds is 12. The molecule has 2 saturated heterocycles. The third kappa shape index (κ3) is 7.81. The van der Waals surface area contributed by atoms with Gasteiger partial charge in [-0.05, 0) is 63.3 Å². The largest absolute Gasteiger partial charge is 0.474 e. The van der Waals surface area contributed by atoms with Crippen molar-refractivity contribution in [3.63, 3.8) is 0 Å². The fourth-order valence-corrected chi connectivity index (χ4v) is 6.12. The van der Waals surface area contributed by atoms with Gasteiger partial charge in [0.25, 0.3) is 0 Å². The average molecular weight is 664 g/mol. The Morgan fingerprint density at radius 3 is 2.43 bits per heavy atom. The number of pyridine rings is 1. The van der Waals surface area contributed by atoms with Gasteiger partial charge in [-0.3, -0.25) is 4.90 Å². The van der Waals surface area contributed by atoms with Crippen molar-refractivity contribution in [1.82, 2.24) is 25.2 Å². The Bertz CT molecular complexity index is 1560. The lowest BCUT2D eigenvalue weighted by atomic mass is 9.94. The van der Waals surface area contributed by atoms with Crippen LogP contribution in [0.2, 0.25) is 0 Å². The van der Waals surface area contributed by atoms with E-state index >= 15 is 4.39 Å². The summed E-state index contributed by atoms with van der Waals surface area (Å²) >= 11 is 0. The van der Waals surface area contributed by atoms with E-state index in [2.05, 4.69) is 25.2 Å². The van der Waals surface area contributed by atoms with E-state index in [4.69, 9.17) is 25.7 Å². The molecule has 0 bridgehead atoms. The first-order valence-electron chi connectivity index (χ1n) is 16.4. The highest BCUT2D eigenvalue weighted by atomic mass is 19.3. The third-order valence-corrected chi connectivity index (χ3v) is 9.02. The number of morpholine rings is 1. The number of halogens is 4. The van der Waals surface area contributed by atoms with Crippen molar-refractivity contribution >= 4 is 22.4 Å². The van der Waals surface area contributed by atoms with E-state index in [1.165, 1.54) is 6.92 Å². The molecule has 3 aromatic rings. The van der Waals surface area contributed by atoms with Crippen molar-refractivity contribution in [3.8, 4) is 23.1 Å². The Hall–Kier alpha value is -3.49. The number of fused-ring (bicyclic) bond motifs is 1. The molecule has 2 aliphatic heterocycles. The van der Waals surface area contributed by atoms with Gasteiger partial charge in [0.15, 0.2) is 5.82 Å². The summed E-state index contributed by atoms with van der Waals surface area (Å²) in [6.07, 6.45) is -0.460. The zero-order chi connectivity index (χ0) is 33.9. The van der Waals surface area contributed by atoms with E-state index in [-0.39, 0.29) is 74.2 Å². The minimum atomic E-state index is -2.83. The van der Waals surface area contributed by atoms with Gasteiger partial charge in [-0.25, -0.2) is 22.5 Å². The Morgan fingerprint density at radius 2 is 1.81 bits per heavy atom. The molecule has 1 saturated carbocycles. The number of nitrogens with one attached hydrogen (secondary N) is 1. The SMILES string of the molecule is CC.Cc1c(F)c(N)cc(-c2nc(OC(C)CC3CCN3)c3c(N)nc(OCC4(CN5CCOCC5)CC4)nc3c2F)c1CC(F)F. The molecule has 4 heterocycles. The van der Waals surface area contributed by atoms with Crippen LogP contribution >= 0.6 is 0 Å². The van der Waals surface area contributed by atoms with Crippen molar-refractivity contribution in [3.05, 3.63) is 28.8 Å². The molecule has 0 radical (unpaired) electrons. The summed E-state index contributed by atoms with van der Waals surface area (Å²) in [7, 11) is 0. The molecule has 2 aromatic heterocycles. The molecule has 3 aliphatic rings. The van der Waals surface area contributed by atoms with Gasteiger partial charge in [0, 0.05) is 43.1 Å². The summed E-state index contributed by atoms with van der Waals surface area (Å²) in [5.74, 6) is -1.97. The maximum absolute atomic E-state index is 16.5. The summed E-state index contributed by atoms with van der Waals surface area (Å²) in [5.41, 5.74) is 11.0. The first-order valence-corrected chi connectivity index (χ1v) is 16.4. The molecule has 0 spiro atoms. The molecule has 258 valence electrons. The quantitative estimate of drug-likeness (QED) is 0.174. The number of alkyl halides is 2. The lowest BCUT2D eigenvalue weighted by Gasteiger charge is -2.30. The van der Waals surface area contributed by atoms with E-state index in [0.717, 1.165) is 51.5 Å². The Balaban J connectivity index is 0.00000213. The van der Waals surface area contributed by atoms with Gasteiger partial charge in [0.05, 0.1) is 31.6 Å². The summed E-state index contributed by atoms with van der Waals surface area (Å²) in [4.78, 5) is 15.5. The van der Waals surface area contributed by atoms with Crippen LogP contribution in [-0.2, 0) is 11.2 Å². The number of anilines is 2. The van der Waals surface area contributed by atoms with Crippen LogP contribution in [0, 0.1) is 24.0 Å². The molecule has 10 nitrogen and oxygen atoms in total. The molecular formula is C33H45F4N7O3. The number of nitrogens with two attached hydrogens (primary N) is 2. The minimum Gasteiger partial charge on any atom is -0.474 e. The Morgan fingerprint density at radius 1 is 1.11 bits per heavy atom. The van der Waals surface area contributed by atoms with Gasteiger partial charge in [-0.15, -0.1) is 0 Å². The third-order valence-electron chi connectivity index (χ3n) is 9.02. The van der Waals surface area contributed by atoms with E-state index in [0.29, 0.717) is 26.2 Å². The number of nitrogens with zero attached hydrogens (tertiary/aromatic N) is 4. The second-order valence-corrected chi connectivity index (χ2v) is 12.5. The van der Waals surface area contributed by atoms with Gasteiger partial charge in [0.1, 0.15) is 28.2 Å². The number of ether oxygens (including phenoxy) is 3. The second kappa shape index (κ2) is 14.7. The van der Waals surface area contributed by atoms with Gasteiger partial charge < -0.3 is 31.0 Å². The van der Waals surface area contributed by atoms with Crippen molar-refractivity contribution < 1.29 is 31.8 Å². The Labute approximate surface area is 272 Å². The lowest BCUT2D eigenvalue weighted by molar-refractivity contribution is 0.0231. The standard InChI is InChI=1S/C31H39F4N7O3.C2H6/c1-16(11-18-3-6-38-18)45-29-23-27(25(35)26(39-29)20-12-21(36)24(34)17(2)19(20)13-22(32)33)40-30(41-28(23)37)44-15-31(4-5-31)14-42-7-9-43-10-8-42;1-2/h12,16,18,22,38H,3-11,13-15,36H2,1-2H3,(H2,37,40,41);1-2H3. The van der Waals surface area contributed by atoms with Crippen LogP contribution in [0.15, 0.2) is 6.07 Å². The van der Waals surface area contributed by atoms with Crippen LogP contribution in [0.1, 0.15) is 57.6 Å². The highest BCUT2D eigenvalue weighted by molar-refractivity contribution is 5.95. The molecule has 1 aliphatic carbocycles. The maximum Gasteiger partial charge on any atom is 0.319 e. The van der Waals surface area contributed by atoms with Gasteiger partial charge in [-0.2, -0.15) is 9.97 Å². The zero-order valence-corrected chi connectivity index (χ0v) is 27.5. The zero-order valence-electron chi connectivity index (χ0n) is 27.5. The molecule has 1 aromatic carbocycles. The van der Waals surface area contributed by atoms with Crippen LogP contribution in [0.4, 0.5) is 29.1 Å². The highest BCUT2D eigenvalue weighted by Crippen LogP contribution is 2.47. The number of benzene rings is 1. The molecule has 47 heavy (non-hydrogen) atoms. The molecular weight excluding hydrogens is 618 g/mol. The molecule has 2 unspecified atom stereocenters. The van der Waals surface area contributed by atoms with Crippen molar-refractivity contribution in [2.75, 3.05) is 57.5 Å². The summed E-state index contributed by atoms with van der Waals surface area (Å²) in [5, 5.41) is 3.34. The van der Waals surface area contributed by atoms with Crippen LogP contribution < -0.4 is 26.3 Å². The normalized spacial score (nSPS) is 19.6. The van der Waals surface area contributed by atoms with Crippen molar-refractivity contribution in [1.29, 1.82) is 0 Å². The minimum absolute atomic E-state index is 0.0358. The van der Waals surface area contributed by atoms with Crippen LogP contribution in [0.3, 0.4) is 0 Å². The van der Waals surface area contributed by atoms with Crippen LogP contribution in [-0.4, -0.2) is 84.4 Å². The first kappa shape index (κ1) is 34.8. The highest BCUT2D eigenvalue weighted by Gasteiger charge is 2.45. The van der Waals surface area contributed by atoms with Gasteiger partial charge in [-0.1, -0.05) is 13.8 Å². The van der Waals surface area contributed by atoms with E-state index < -0.39 is 24.5 Å². The molecule has 3 fully saturated rings. The number of aromatic nitrogens is 3. The van der Waals surface area contributed by atoms with Crippen molar-refractivity contribution in [2.45, 2.75) is 78.4 Å². The topological polar surface area (TPSA) is 134 Å². The molecule has 5 N–H and O–H groups in total. The molecule has 6 rings (SSSR count). The van der Waals surface area contributed by atoms with Crippen LogP contribution in [0.25, 0.3) is 22.2 Å². The van der Waals surface area contributed by atoms with Gasteiger partial charge in [0.2, 0.25) is 12.3 Å². The fourth-order valence-electron chi connectivity index (χ4n) is 6.12. The summed E-state index contributed by atoms with van der Waals surface area (Å²) in [6.45, 7) is 12.3. The molecule has 2 atom stereocenters. The maximum atomic E-state index is 16.5. The molecule has 14 heteroatoms. The predicted molar refractivity (Wildman–Crippen MR) is 173 cm³/mol. The molecule has 0 amide bonds. The Kier molecular flexibility index (Phi) is 10.9. The smallest absolute Gasteiger partial charge is 0.319 e. The summed E-state index contributed by atoms with van der Waals surface area (Å²) in [6, 6.07) is 1.25.